The second-order valence-electron chi connectivity index (χ2n) is 6.54. The van der Waals surface area contributed by atoms with Gasteiger partial charge in [-0.1, -0.05) is 24.3 Å². The van der Waals surface area contributed by atoms with Crippen molar-refractivity contribution in [2.75, 3.05) is 18.4 Å². The number of aryl methyl sites for hydroxylation is 1. The Kier molecular flexibility index (Phi) is 6.55. The van der Waals surface area contributed by atoms with Crippen LogP contribution in [0.3, 0.4) is 0 Å². The molecule has 1 aliphatic heterocycles. The summed E-state index contributed by atoms with van der Waals surface area (Å²) in [6.07, 6.45) is 0. The molecular weight excluding hydrogens is 410 g/mol. The van der Waals surface area contributed by atoms with Gasteiger partial charge in [-0.2, -0.15) is 14.0 Å². The first-order chi connectivity index (χ1) is 14.2. The quantitative estimate of drug-likeness (QED) is 0.358. The molecule has 0 saturated carbocycles. The maximum absolute atomic E-state index is 8.60. The highest BCUT2D eigenvalue weighted by Crippen LogP contribution is 2.32. The van der Waals surface area contributed by atoms with Crippen LogP contribution in [0.15, 0.2) is 51.9 Å². The minimum Gasteiger partial charge on any atom is -0.453 e. The maximum atomic E-state index is 8.60. The zero-order valence-corrected chi connectivity index (χ0v) is 17.6. The monoisotopic (exact) mass is 431 g/mol. The molecule has 30 heavy (non-hydrogen) atoms. The summed E-state index contributed by atoms with van der Waals surface area (Å²) in [5.74, 6) is 0.768. The lowest BCUT2D eigenvalue weighted by atomic mass is 10.0. The normalized spacial score (nSPS) is 12.3. The van der Waals surface area contributed by atoms with Crippen LogP contribution in [0.4, 0.5) is 5.69 Å². The number of anilines is 1. The highest BCUT2D eigenvalue weighted by molar-refractivity contribution is 5.96. The van der Waals surface area contributed by atoms with Crippen LogP contribution in [0.2, 0.25) is 0 Å². The van der Waals surface area contributed by atoms with Crippen LogP contribution in [-0.2, 0) is 0 Å². The van der Waals surface area contributed by atoms with Gasteiger partial charge >= 0.3 is 0 Å². The smallest absolute Gasteiger partial charge is 0.155 e. The summed E-state index contributed by atoms with van der Waals surface area (Å²) in [5, 5.41) is 6.51. The largest absolute Gasteiger partial charge is 0.453 e. The Morgan fingerprint density at radius 3 is 2.40 bits per heavy atom. The number of nitrogens with zero attached hydrogens (tertiary/aromatic N) is 2. The molecule has 1 heterocycles. The van der Waals surface area contributed by atoms with Crippen molar-refractivity contribution >= 4 is 27.6 Å². The first-order valence-corrected chi connectivity index (χ1v) is 10.6. The number of fused-ring (bicyclic) bond motifs is 4. The van der Waals surface area contributed by atoms with Crippen LogP contribution < -0.4 is 24.7 Å². The fourth-order valence-electron chi connectivity index (χ4n) is 3.27. The summed E-state index contributed by atoms with van der Waals surface area (Å²) in [6, 6.07) is 14.4. The molecule has 0 fully saturated rings. The molecule has 2 aromatic rings. The number of hydrogen-bond acceptors (Lipinski definition) is 8. The third-order valence-electron chi connectivity index (χ3n) is 4.41. The molecule has 2 aromatic carbocycles. The molecule has 2 aliphatic rings. The van der Waals surface area contributed by atoms with Crippen molar-refractivity contribution in [3.05, 3.63) is 53.4 Å². The van der Waals surface area contributed by atoms with E-state index in [1.807, 2.05) is 31.2 Å². The number of rotatable bonds is 3. The Morgan fingerprint density at radius 1 is 1.10 bits per heavy atom. The van der Waals surface area contributed by atoms with Crippen LogP contribution in [0, 0.1) is 17.2 Å². The molecule has 0 atom stereocenters. The Balaban J connectivity index is 0.000000461. The number of benzene rings is 3. The van der Waals surface area contributed by atoms with E-state index in [4.69, 9.17) is 28.0 Å². The summed E-state index contributed by atoms with van der Waals surface area (Å²) < 4.78 is 38.9. The van der Waals surface area contributed by atoms with Crippen LogP contribution in [0.1, 0.15) is 19.4 Å². The fraction of sp³-hybridized carbons (Fsp3) is 0.238. The van der Waals surface area contributed by atoms with Gasteiger partial charge in [-0.15, -0.1) is 0 Å². The Hall–Kier alpha value is -2.75. The van der Waals surface area contributed by atoms with Gasteiger partial charge in [0.1, 0.15) is 11.2 Å². The Morgan fingerprint density at radius 2 is 1.77 bits per heavy atom. The van der Waals surface area contributed by atoms with Gasteiger partial charge in [0.25, 0.3) is 0 Å². The fourth-order valence-corrected chi connectivity index (χ4v) is 3.27. The van der Waals surface area contributed by atoms with Crippen LogP contribution >= 0.6 is 0 Å². The van der Waals surface area contributed by atoms with E-state index in [2.05, 4.69) is 42.4 Å². The van der Waals surface area contributed by atoms with Crippen LogP contribution in [-0.4, -0.2) is 22.7 Å². The van der Waals surface area contributed by atoms with Crippen LogP contribution in [0.25, 0.3) is 33.3 Å². The van der Waals surface area contributed by atoms with Crippen molar-refractivity contribution in [3.8, 4) is 11.5 Å². The van der Waals surface area contributed by atoms with E-state index in [1.54, 1.807) is 0 Å². The van der Waals surface area contributed by atoms with Gasteiger partial charge in [0.15, 0.2) is 11.3 Å². The van der Waals surface area contributed by atoms with E-state index < -0.39 is 10.2 Å². The van der Waals surface area contributed by atoms with E-state index in [0.717, 1.165) is 57.5 Å². The summed E-state index contributed by atoms with van der Waals surface area (Å²) in [4.78, 5) is 9.53. The molecule has 0 unspecified atom stereocenters. The molecule has 4 rings (SSSR count). The van der Waals surface area contributed by atoms with Gasteiger partial charge in [-0.25, -0.2) is 4.98 Å². The average molecular weight is 432 g/mol. The molecule has 8 nitrogen and oxygen atoms in total. The van der Waals surface area contributed by atoms with Crippen molar-refractivity contribution in [2.24, 2.45) is 4.99 Å². The molecule has 0 amide bonds. The first-order valence-electron chi connectivity index (χ1n) is 9.35. The molecule has 0 radical (unpaired) electrons. The van der Waals surface area contributed by atoms with Crippen molar-refractivity contribution < 1.29 is 33.3 Å². The van der Waals surface area contributed by atoms with E-state index in [0.29, 0.717) is 0 Å². The third-order valence-corrected chi connectivity index (χ3v) is 4.41. The minimum absolute atomic E-state index is 0.736. The standard InChI is InChI=1S/C21H21N3O.ClHO4/c1-4-22-16-11-19-18(10-13(16)3)24-21-15-9-7-6-8-14(15)17(23-5-2)12-20(21)25-19;2-1(3,4)5/h6-12,22H,4-5H2,1-3H3;(H,2,3,4,5). The summed E-state index contributed by atoms with van der Waals surface area (Å²) in [5.41, 5.74) is 4.79. The molecule has 0 bridgehead atoms. The number of nitrogens with one attached hydrogen (secondary N) is 1. The van der Waals surface area contributed by atoms with Gasteiger partial charge in [0.05, 0.1) is 20.3 Å². The Bertz CT molecular complexity index is 1210. The topological polar surface area (TPSA) is 140 Å². The molecule has 0 aromatic heterocycles. The average Bonchev–Trinajstić information content (AvgIpc) is 2.67. The third kappa shape index (κ3) is 5.05. The maximum Gasteiger partial charge on any atom is 0.155 e. The zero-order valence-electron chi connectivity index (χ0n) is 16.8. The first kappa shape index (κ1) is 21.9. The van der Waals surface area contributed by atoms with E-state index in [-0.39, 0.29) is 0 Å². The number of hydrogen-bond donors (Lipinski definition) is 2. The van der Waals surface area contributed by atoms with Gasteiger partial charge in [0, 0.05) is 41.7 Å². The van der Waals surface area contributed by atoms with E-state index in [1.165, 1.54) is 5.56 Å². The van der Waals surface area contributed by atoms with E-state index in [9.17, 15) is 0 Å². The summed E-state index contributed by atoms with van der Waals surface area (Å²) >= 11 is 0. The summed E-state index contributed by atoms with van der Waals surface area (Å²) in [6.45, 7) is 7.83. The molecule has 0 spiro atoms. The number of aromatic nitrogens is 1. The van der Waals surface area contributed by atoms with Crippen molar-refractivity contribution in [1.82, 2.24) is 4.98 Å². The van der Waals surface area contributed by atoms with Crippen molar-refractivity contribution in [1.29, 1.82) is 0 Å². The molecule has 2 N–H and O–H groups in total. The predicted molar refractivity (Wildman–Crippen MR) is 105 cm³/mol. The second-order valence-corrected chi connectivity index (χ2v) is 7.33. The van der Waals surface area contributed by atoms with Gasteiger partial charge < -0.3 is 9.73 Å². The molecule has 0 saturated heterocycles. The molecule has 9 heteroatoms. The van der Waals surface area contributed by atoms with Gasteiger partial charge in [-0.05, 0) is 32.4 Å². The number of halogens is 1. The van der Waals surface area contributed by atoms with Crippen molar-refractivity contribution in [3.63, 3.8) is 0 Å². The predicted octanol–water partition coefficient (Wildman–Crippen LogP) is 0.623. The van der Waals surface area contributed by atoms with E-state index >= 15 is 0 Å². The van der Waals surface area contributed by atoms with Crippen molar-refractivity contribution in [2.45, 2.75) is 20.8 Å². The van der Waals surface area contributed by atoms with Gasteiger partial charge in [-0.3, -0.25) is 4.99 Å². The SMILES string of the molecule is CCN=c1cc2oc3cc(NCC)c(C)cc3nc-2c2ccccc12.[O-][Cl+3]([O-])([O-])O. The molecule has 1 aliphatic carbocycles. The van der Waals surface area contributed by atoms with Crippen LogP contribution in [0.5, 0.6) is 0 Å². The minimum atomic E-state index is -4.69. The second kappa shape index (κ2) is 8.95. The molecule has 158 valence electrons. The lowest BCUT2D eigenvalue weighted by Crippen LogP contribution is -2.58. The Labute approximate surface area is 175 Å². The van der Waals surface area contributed by atoms with Gasteiger partial charge in [0.2, 0.25) is 0 Å². The highest BCUT2D eigenvalue weighted by atomic mass is 35.7. The lowest BCUT2D eigenvalue weighted by Gasteiger charge is -2.13. The lowest BCUT2D eigenvalue weighted by molar-refractivity contribution is -1.92. The highest BCUT2D eigenvalue weighted by Gasteiger charge is 2.15. The molecular formula is C21H22ClN3O5. The zero-order chi connectivity index (χ0) is 21.9. The summed E-state index contributed by atoms with van der Waals surface area (Å²) in [7, 11) is -4.69.